The number of rotatable bonds is 4. The molecule has 128 valence electrons. The zero-order valence-corrected chi connectivity index (χ0v) is 15.0. The Bertz CT molecular complexity index is 666. The molecule has 0 unspecified atom stereocenters. The molecule has 0 saturated carbocycles. The molecule has 0 aliphatic carbocycles. The van der Waals surface area contributed by atoms with Gasteiger partial charge in [-0.05, 0) is 49.9 Å². The molecule has 1 aromatic carbocycles. The summed E-state index contributed by atoms with van der Waals surface area (Å²) >= 11 is 0. The summed E-state index contributed by atoms with van der Waals surface area (Å²) in [5.74, 6) is -0.437. The number of benzene rings is 1. The van der Waals surface area contributed by atoms with Crippen LogP contribution >= 0.6 is 0 Å². The number of piperidine rings is 1. The number of nitrogens with one attached hydrogen (secondary N) is 1. The molecule has 1 aliphatic heterocycles. The SMILES string of the molecule is Cc1cc(C)cc(NC(=O)[C@@H]2CCCN(S(=O)(=O)N(C)C)C2)c1. The minimum absolute atomic E-state index is 0.117. The summed E-state index contributed by atoms with van der Waals surface area (Å²) in [6.45, 7) is 4.66. The maximum atomic E-state index is 12.5. The molecule has 23 heavy (non-hydrogen) atoms. The lowest BCUT2D eigenvalue weighted by atomic mass is 9.98. The van der Waals surface area contributed by atoms with E-state index in [2.05, 4.69) is 5.32 Å². The van der Waals surface area contributed by atoms with E-state index >= 15 is 0 Å². The van der Waals surface area contributed by atoms with Gasteiger partial charge in [-0.3, -0.25) is 4.79 Å². The highest BCUT2D eigenvalue weighted by atomic mass is 32.2. The fraction of sp³-hybridized carbons (Fsp3) is 0.562. The van der Waals surface area contributed by atoms with Crippen LogP contribution in [0.2, 0.25) is 0 Å². The highest BCUT2D eigenvalue weighted by Gasteiger charge is 2.33. The van der Waals surface area contributed by atoms with E-state index < -0.39 is 10.2 Å². The van der Waals surface area contributed by atoms with Crippen molar-refractivity contribution < 1.29 is 13.2 Å². The van der Waals surface area contributed by atoms with Crippen molar-refractivity contribution in [2.75, 3.05) is 32.5 Å². The Kier molecular flexibility index (Phi) is 5.44. The predicted octanol–water partition coefficient (Wildman–Crippen LogP) is 1.76. The van der Waals surface area contributed by atoms with E-state index in [4.69, 9.17) is 0 Å². The molecule has 0 aromatic heterocycles. The van der Waals surface area contributed by atoms with E-state index in [0.717, 1.165) is 16.8 Å². The van der Waals surface area contributed by atoms with Gasteiger partial charge in [-0.15, -0.1) is 0 Å². The van der Waals surface area contributed by atoms with Crippen LogP contribution in [0.3, 0.4) is 0 Å². The van der Waals surface area contributed by atoms with Crippen molar-refractivity contribution in [2.24, 2.45) is 5.92 Å². The summed E-state index contributed by atoms with van der Waals surface area (Å²) in [7, 11) is -0.449. The van der Waals surface area contributed by atoms with Crippen molar-refractivity contribution in [3.63, 3.8) is 0 Å². The monoisotopic (exact) mass is 339 g/mol. The van der Waals surface area contributed by atoms with Crippen LogP contribution in [-0.2, 0) is 15.0 Å². The van der Waals surface area contributed by atoms with Gasteiger partial charge in [-0.2, -0.15) is 17.0 Å². The van der Waals surface area contributed by atoms with Gasteiger partial charge in [0.05, 0.1) is 5.92 Å². The molecule has 1 heterocycles. The van der Waals surface area contributed by atoms with E-state index in [0.29, 0.717) is 19.4 Å². The molecule has 1 aliphatic rings. The molecular formula is C16H25N3O3S. The van der Waals surface area contributed by atoms with E-state index in [1.807, 2.05) is 32.0 Å². The van der Waals surface area contributed by atoms with Gasteiger partial charge >= 0.3 is 0 Å². The standard InChI is InChI=1S/C16H25N3O3S/c1-12-8-13(2)10-15(9-12)17-16(20)14-6-5-7-19(11-14)23(21,22)18(3)4/h8-10,14H,5-7,11H2,1-4H3,(H,17,20)/t14-/m1/s1. The molecule has 0 spiro atoms. The number of aryl methyl sites for hydroxylation is 2. The molecule has 1 aromatic rings. The van der Waals surface area contributed by atoms with E-state index in [1.54, 1.807) is 0 Å². The minimum Gasteiger partial charge on any atom is -0.326 e. The van der Waals surface area contributed by atoms with Gasteiger partial charge in [0, 0.05) is 32.9 Å². The Labute approximate surface area is 138 Å². The molecule has 6 nitrogen and oxygen atoms in total. The summed E-state index contributed by atoms with van der Waals surface area (Å²) in [5.41, 5.74) is 2.93. The molecular weight excluding hydrogens is 314 g/mol. The maximum Gasteiger partial charge on any atom is 0.281 e. The lowest BCUT2D eigenvalue weighted by molar-refractivity contribution is -0.120. The Morgan fingerprint density at radius 2 is 1.83 bits per heavy atom. The Hall–Kier alpha value is -1.44. The average Bonchev–Trinajstić information content (AvgIpc) is 2.46. The van der Waals surface area contributed by atoms with Crippen molar-refractivity contribution in [1.82, 2.24) is 8.61 Å². The predicted molar refractivity (Wildman–Crippen MR) is 91.4 cm³/mol. The molecule has 1 amide bonds. The number of carbonyl (C=O) groups is 1. The first-order valence-electron chi connectivity index (χ1n) is 7.77. The first-order valence-corrected chi connectivity index (χ1v) is 9.16. The largest absolute Gasteiger partial charge is 0.326 e. The summed E-state index contributed by atoms with van der Waals surface area (Å²) in [6, 6.07) is 5.88. The van der Waals surface area contributed by atoms with E-state index in [9.17, 15) is 13.2 Å². The van der Waals surface area contributed by atoms with Crippen molar-refractivity contribution in [3.05, 3.63) is 29.3 Å². The highest BCUT2D eigenvalue weighted by molar-refractivity contribution is 7.86. The van der Waals surface area contributed by atoms with Gasteiger partial charge in [0.25, 0.3) is 10.2 Å². The van der Waals surface area contributed by atoms with Gasteiger partial charge in [0.15, 0.2) is 0 Å². The first kappa shape index (κ1) is 17.9. The van der Waals surface area contributed by atoms with Crippen LogP contribution in [0.5, 0.6) is 0 Å². The molecule has 1 N–H and O–H groups in total. The Balaban J connectivity index is 2.07. The molecule has 1 saturated heterocycles. The summed E-state index contributed by atoms with van der Waals surface area (Å²) < 4.78 is 27.0. The third-order valence-electron chi connectivity index (χ3n) is 4.03. The second-order valence-electron chi connectivity index (χ2n) is 6.35. The zero-order chi connectivity index (χ0) is 17.2. The summed E-state index contributed by atoms with van der Waals surface area (Å²) in [5, 5.41) is 2.92. The highest BCUT2D eigenvalue weighted by Crippen LogP contribution is 2.22. The third-order valence-corrected chi connectivity index (χ3v) is 5.94. The Morgan fingerprint density at radius 3 is 2.39 bits per heavy atom. The third kappa shape index (κ3) is 4.31. The number of anilines is 1. The topological polar surface area (TPSA) is 69.7 Å². The van der Waals surface area contributed by atoms with Gasteiger partial charge in [0.1, 0.15) is 0 Å². The number of amides is 1. The van der Waals surface area contributed by atoms with Gasteiger partial charge in [-0.25, -0.2) is 0 Å². The first-order chi connectivity index (χ1) is 10.7. The van der Waals surface area contributed by atoms with Crippen molar-refractivity contribution in [2.45, 2.75) is 26.7 Å². The summed E-state index contributed by atoms with van der Waals surface area (Å²) in [4.78, 5) is 12.5. The average molecular weight is 339 g/mol. The summed E-state index contributed by atoms with van der Waals surface area (Å²) in [6.07, 6.45) is 1.40. The number of hydrogen-bond acceptors (Lipinski definition) is 3. The van der Waals surface area contributed by atoms with E-state index in [-0.39, 0.29) is 18.4 Å². The van der Waals surface area contributed by atoms with Crippen LogP contribution in [0, 0.1) is 19.8 Å². The lowest BCUT2D eigenvalue weighted by Gasteiger charge is -2.32. The van der Waals surface area contributed by atoms with Crippen LogP contribution in [0.25, 0.3) is 0 Å². The number of nitrogens with zero attached hydrogens (tertiary/aromatic N) is 2. The normalized spacial score (nSPS) is 19.8. The van der Waals surface area contributed by atoms with Crippen molar-refractivity contribution >= 4 is 21.8 Å². The van der Waals surface area contributed by atoms with Crippen molar-refractivity contribution in [3.8, 4) is 0 Å². The van der Waals surface area contributed by atoms with E-state index in [1.165, 1.54) is 22.7 Å². The van der Waals surface area contributed by atoms with Crippen LogP contribution in [-0.4, -0.2) is 50.1 Å². The van der Waals surface area contributed by atoms with Crippen LogP contribution in [0.15, 0.2) is 18.2 Å². The lowest BCUT2D eigenvalue weighted by Crippen LogP contribution is -2.47. The second-order valence-corrected chi connectivity index (χ2v) is 8.50. The number of hydrogen-bond donors (Lipinski definition) is 1. The van der Waals surface area contributed by atoms with Crippen LogP contribution < -0.4 is 5.32 Å². The smallest absolute Gasteiger partial charge is 0.281 e. The van der Waals surface area contributed by atoms with Gasteiger partial charge < -0.3 is 5.32 Å². The fourth-order valence-corrected chi connectivity index (χ4v) is 4.08. The second kappa shape index (κ2) is 6.98. The molecule has 2 rings (SSSR count). The van der Waals surface area contributed by atoms with Crippen LogP contribution in [0.4, 0.5) is 5.69 Å². The van der Waals surface area contributed by atoms with Crippen LogP contribution in [0.1, 0.15) is 24.0 Å². The van der Waals surface area contributed by atoms with Gasteiger partial charge in [-0.1, -0.05) is 6.07 Å². The molecule has 1 fully saturated rings. The quantitative estimate of drug-likeness (QED) is 0.909. The molecule has 0 radical (unpaired) electrons. The molecule has 1 atom stereocenters. The van der Waals surface area contributed by atoms with Gasteiger partial charge in [0.2, 0.25) is 5.91 Å². The Morgan fingerprint density at radius 1 is 1.22 bits per heavy atom. The van der Waals surface area contributed by atoms with Crippen molar-refractivity contribution in [1.29, 1.82) is 0 Å². The number of carbonyl (C=O) groups excluding carboxylic acids is 1. The minimum atomic E-state index is -3.47. The molecule has 0 bridgehead atoms. The maximum absolute atomic E-state index is 12.5. The molecule has 7 heteroatoms. The fourth-order valence-electron chi connectivity index (χ4n) is 2.89. The zero-order valence-electron chi connectivity index (χ0n) is 14.2.